The number of aromatic nitrogens is 1. The molecule has 1 unspecified atom stereocenters. The first-order chi connectivity index (χ1) is 9.69. The molecule has 0 saturated heterocycles. The van der Waals surface area contributed by atoms with Crippen molar-refractivity contribution in [3.05, 3.63) is 47.7 Å². The first-order valence-corrected chi connectivity index (χ1v) is 6.09. The Morgan fingerprint density at radius 1 is 1.15 bits per heavy atom. The molecule has 1 aromatic heterocycles. The van der Waals surface area contributed by atoms with Gasteiger partial charge in [0.05, 0.1) is 20.3 Å². The Morgan fingerprint density at radius 3 is 2.30 bits per heavy atom. The molecule has 1 atom stereocenters. The van der Waals surface area contributed by atoms with Crippen LogP contribution >= 0.6 is 0 Å². The van der Waals surface area contributed by atoms with Crippen LogP contribution in [0.2, 0.25) is 0 Å². The van der Waals surface area contributed by atoms with E-state index in [0.717, 1.165) is 11.1 Å². The predicted octanol–water partition coefficient (Wildman–Crippen LogP) is 1.23. The summed E-state index contributed by atoms with van der Waals surface area (Å²) in [5.41, 5.74) is 10.3. The lowest BCUT2D eigenvalue weighted by atomic mass is 9.99. The first-order valence-electron chi connectivity index (χ1n) is 6.09. The van der Waals surface area contributed by atoms with Crippen molar-refractivity contribution in [2.75, 3.05) is 20.0 Å². The summed E-state index contributed by atoms with van der Waals surface area (Å²) in [6.45, 7) is 0. The number of hydrogen-bond donors (Lipinski definition) is 3. The molecule has 6 heteroatoms. The number of rotatable bonds is 5. The van der Waals surface area contributed by atoms with Gasteiger partial charge < -0.3 is 15.2 Å². The number of nitrogen functional groups attached to an aromatic ring is 1. The number of pyridine rings is 1. The van der Waals surface area contributed by atoms with Crippen LogP contribution in [0.15, 0.2) is 36.5 Å². The van der Waals surface area contributed by atoms with E-state index in [1.54, 1.807) is 26.5 Å². The third kappa shape index (κ3) is 2.81. The van der Waals surface area contributed by atoms with Crippen LogP contribution in [0.1, 0.15) is 17.2 Å². The van der Waals surface area contributed by atoms with Gasteiger partial charge in [0.15, 0.2) is 0 Å². The lowest BCUT2D eigenvalue weighted by Crippen LogP contribution is -2.29. The zero-order valence-corrected chi connectivity index (χ0v) is 11.5. The summed E-state index contributed by atoms with van der Waals surface area (Å²) >= 11 is 0. The average Bonchev–Trinajstić information content (AvgIpc) is 2.49. The van der Waals surface area contributed by atoms with E-state index < -0.39 is 0 Å². The SMILES string of the molecule is COc1cc(OC)cc(C(NN)c2cccnc2N)c1. The molecular formula is C14H18N4O2. The number of anilines is 1. The van der Waals surface area contributed by atoms with E-state index in [9.17, 15) is 0 Å². The third-order valence-electron chi connectivity index (χ3n) is 3.06. The van der Waals surface area contributed by atoms with E-state index in [1.165, 1.54) is 0 Å². The summed E-state index contributed by atoms with van der Waals surface area (Å²) in [4.78, 5) is 4.08. The molecular weight excluding hydrogens is 256 g/mol. The van der Waals surface area contributed by atoms with Gasteiger partial charge in [-0.05, 0) is 23.8 Å². The Bertz CT molecular complexity index is 567. The second-order valence-corrected chi connectivity index (χ2v) is 4.22. The van der Waals surface area contributed by atoms with Gasteiger partial charge in [-0.2, -0.15) is 0 Å². The van der Waals surface area contributed by atoms with Crippen LogP contribution in [-0.4, -0.2) is 19.2 Å². The molecule has 106 valence electrons. The lowest BCUT2D eigenvalue weighted by Gasteiger charge is -2.19. The van der Waals surface area contributed by atoms with Crippen LogP contribution < -0.4 is 26.5 Å². The molecule has 2 aromatic rings. The molecule has 1 aromatic carbocycles. The summed E-state index contributed by atoms with van der Waals surface area (Å²) < 4.78 is 10.5. The summed E-state index contributed by atoms with van der Waals surface area (Å²) in [5.74, 6) is 7.47. The fraction of sp³-hybridized carbons (Fsp3) is 0.214. The molecule has 0 amide bonds. The van der Waals surface area contributed by atoms with Crippen LogP contribution in [0.4, 0.5) is 5.82 Å². The molecule has 0 aliphatic carbocycles. The molecule has 0 spiro atoms. The van der Waals surface area contributed by atoms with Crippen LogP contribution in [0.25, 0.3) is 0 Å². The number of nitrogens with one attached hydrogen (secondary N) is 1. The van der Waals surface area contributed by atoms with Gasteiger partial charge in [-0.25, -0.2) is 10.4 Å². The number of nitrogens with zero attached hydrogens (tertiary/aromatic N) is 1. The van der Waals surface area contributed by atoms with E-state index >= 15 is 0 Å². The molecule has 0 aliphatic heterocycles. The van der Waals surface area contributed by atoms with Crippen LogP contribution in [0.5, 0.6) is 11.5 Å². The minimum atomic E-state index is -0.298. The quantitative estimate of drug-likeness (QED) is 0.560. The molecule has 1 heterocycles. The lowest BCUT2D eigenvalue weighted by molar-refractivity contribution is 0.392. The monoisotopic (exact) mass is 274 g/mol. The second-order valence-electron chi connectivity index (χ2n) is 4.22. The van der Waals surface area contributed by atoms with Crippen molar-refractivity contribution < 1.29 is 9.47 Å². The molecule has 6 nitrogen and oxygen atoms in total. The number of methoxy groups -OCH3 is 2. The molecule has 2 rings (SSSR count). The minimum absolute atomic E-state index is 0.298. The largest absolute Gasteiger partial charge is 0.497 e. The van der Waals surface area contributed by atoms with Crippen molar-refractivity contribution in [2.24, 2.45) is 5.84 Å². The van der Waals surface area contributed by atoms with Gasteiger partial charge in [-0.3, -0.25) is 5.84 Å². The Morgan fingerprint density at radius 2 is 1.80 bits per heavy atom. The number of benzene rings is 1. The van der Waals surface area contributed by atoms with Crippen molar-refractivity contribution in [1.82, 2.24) is 10.4 Å². The van der Waals surface area contributed by atoms with Gasteiger partial charge in [0.1, 0.15) is 17.3 Å². The van der Waals surface area contributed by atoms with Crippen LogP contribution in [0.3, 0.4) is 0 Å². The van der Waals surface area contributed by atoms with E-state index in [1.807, 2.05) is 24.3 Å². The fourth-order valence-electron chi connectivity index (χ4n) is 2.04. The normalized spacial score (nSPS) is 11.9. The highest BCUT2D eigenvalue weighted by Gasteiger charge is 2.17. The smallest absolute Gasteiger partial charge is 0.128 e. The Kier molecular flexibility index (Phi) is 4.39. The Balaban J connectivity index is 2.49. The van der Waals surface area contributed by atoms with Crippen molar-refractivity contribution in [3.63, 3.8) is 0 Å². The van der Waals surface area contributed by atoms with E-state index in [2.05, 4.69) is 10.4 Å². The summed E-state index contributed by atoms with van der Waals surface area (Å²) in [7, 11) is 3.20. The molecule has 0 saturated carbocycles. The Labute approximate surface area is 117 Å². The van der Waals surface area contributed by atoms with Gasteiger partial charge in [-0.15, -0.1) is 0 Å². The predicted molar refractivity (Wildman–Crippen MR) is 77.4 cm³/mol. The molecule has 20 heavy (non-hydrogen) atoms. The van der Waals surface area contributed by atoms with Crippen LogP contribution in [-0.2, 0) is 0 Å². The molecule has 0 radical (unpaired) electrons. The summed E-state index contributed by atoms with van der Waals surface area (Å²) in [6, 6.07) is 8.93. The van der Waals surface area contributed by atoms with Gasteiger partial charge in [-0.1, -0.05) is 6.07 Å². The van der Waals surface area contributed by atoms with Gasteiger partial charge in [0.25, 0.3) is 0 Å². The number of hydrazine groups is 1. The molecule has 0 bridgehead atoms. The second kappa shape index (κ2) is 6.23. The maximum absolute atomic E-state index is 5.91. The highest BCUT2D eigenvalue weighted by molar-refractivity contribution is 5.48. The van der Waals surface area contributed by atoms with Crippen molar-refractivity contribution in [1.29, 1.82) is 0 Å². The Hall–Kier alpha value is -2.31. The molecule has 5 N–H and O–H groups in total. The van der Waals surface area contributed by atoms with Crippen molar-refractivity contribution in [2.45, 2.75) is 6.04 Å². The van der Waals surface area contributed by atoms with E-state index in [0.29, 0.717) is 17.3 Å². The minimum Gasteiger partial charge on any atom is -0.497 e. The summed E-state index contributed by atoms with van der Waals surface area (Å²) in [6.07, 6.45) is 1.64. The van der Waals surface area contributed by atoms with Crippen LogP contribution in [0, 0.1) is 0 Å². The number of nitrogens with two attached hydrogens (primary N) is 2. The van der Waals surface area contributed by atoms with Crippen molar-refractivity contribution >= 4 is 5.82 Å². The maximum atomic E-state index is 5.91. The van der Waals surface area contributed by atoms with Gasteiger partial charge in [0.2, 0.25) is 0 Å². The van der Waals surface area contributed by atoms with Crippen molar-refractivity contribution in [3.8, 4) is 11.5 Å². The molecule has 0 fully saturated rings. The molecule has 0 aliphatic rings. The van der Waals surface area contributed by atoms with E-state index in [-0.39, 0.29) is 6.04 Å². The van der Waals surface area contributed by atoms with Gasteiger partial charge in [0, 0.05) is 17.8 Å². The highest BCUT2D eigenvalue weighted by Crippen LogP contribution is 2.31. The maximum Gasteiger partial charge on any atom is 0.128 e. The third-order valence-corrected chi connectivity index (χ3v) is 3.06. The zero-order chi connectivity index (χ0) is 14.5. The van der Waals surface area contributed by atoms with Gasteiger partial charge >= 0.3 is 0 Å². The highest BCUT2D eigenvalue weighted by atomic mass is 16.5. The average molecular weight is 274 g/mol. The first kappa shape index (κ1) is 14.1. The standard InChI is InChI=1S/C14H18N4O2/c1-19-10-6-9(7-11(8-10)20-2)13(18-16)12-4-3-5-17-14(12)15/h3-8,13,18H,16H2,1-2H3,(H2,15,17). The number of hydrogen-bond acceptors (Lipinski definition) is 6. The fourth-order valence-corrected chi connectivity index (χ4v) is 2.04. The van der Waals surface area contributed by atoms with E-state index in [4.69, 9.17) is 21.1 Å². The summed E-state index contributed by atoms with van der Waals surface area (Å²) in [5, 5.41) is 0. The zero-order valence-electron chi connectivity index (χ0n) is 11.5. The topological polar surface area (TPSA) is 95.4 Å². The number of ether oxygens (including phenoxy) is 2.